The maximum absolute atomic E-state index is 12.2. The predicted octanol–water partition coefficient (Wildman–Crippen LogP) is 0.929. The zero-order valence-electron chi connectivity index (χ0n) is 11.8. The molecule has 18 heavy (non-hydrogen) atoms. The first-order valence-corrected chi connectivity index (χ1v) is 7.49. The van der Waals surface area contributed by atoms with Crippen LogP contribution in [0.4, 0.5) is 0 Å². The minimum absolute atomic E-state index is 0.247. The van der Waals surface area contributed by atoms with Crippen molar-refractivity contribution in [2.24, 2.45) is 5.92 Å². The van der Waals surface area contributed by atoms with Crippen LogP contribution < -0.4 is 5.32 Å². The van der Waals surface area contributed by atoms with Crippen molar-refractivity contribution in [3.05, 3.63) is 0 Å². The predicted molar refractivity (Wildman–Crippen MR) is 73.5 cm³/mol. The van der Waals surface area contributed by atoms with Crippen LogP contribution in [0.2, 0.25) is 0 Å². The van der Waals surface area contributed by atoms with Gasteiger partial charge in [0.25, 0.3) is 0 Å². The number of nitrogens with one attached hydrogen (secondary N) is 1. The van der Waals surface area contributed by atoms with Crippen LogP contribution in [0.1, 0.15) is 33.1 Å². The van der Waals surface area contributed by atoms with E-state index in [0.717, 1.165) is 45.6 Å². The number of hydrogen-bond donors (Lipinski definition) is 1. The number of nitrogens with zero attached hydrogens (tertiary/aromatic N) is 2. The fraction of sp³-hybridized carbons (Fsp3) is 0.929. The van der Waals surface area contributed by atoms with Gasteiger partial charge in [0, 0.05) is 38.1 Å². The lowest BCUT2D eigenvalue weighted by atomic mass is 9.97. The summed E-state index contributed by atoms with van der Waals surface area (Å²) in [5, 5.41) is 3.43. The third-order valence-electron chi connectivity index (χ3n) is 4.40. The summed E-state index contributed by atoms with van der Waals surface area (Å²) >= 11 is 0. The van der Waals surface area contributed by atoms with E-state index in [1.807, 2.05) is 0 Å². The van der Waals surface area contributed by atoms with E-state index in [-0.39, 0.29) is 5.92 Å². The molecule has 104 valence electrons. The smallest absolute Gasteiger partial charge is 0.225 e. The van der Waals surface area contributed by atoms with Crippen molar-refractivity contribution in [2.45, 2.75) is 39.2 Å². The summed E-state index contributed by atoms with van der Waals surface area (Å²) in [7, 11) is 0. The molecular formula is C14H27N3O. The van der Waals surface area contributed by atoms with Crippen LogP contribution >= 0.6 is 0 Å². The Hall–Kier alpha value is -0.610. The second kappa shape index (κ2) is 6.53. The van der Waals surface area contributed by atoms with Crippen LogP contribution in [0.3, 0.4) is 0 Å². The largest absolute Gasteiger partial charge is 0.339 e. The second-order valence-electron chi connectivity index (χ2n) is 5.55. The molecule has 0 radical (unpaired) electrons. The fourth-order valence-corrected chi connectivity index (χ4v) is 2.99. The van der Waals surface area contributed by atoms with Crippen LogP contribution in [0.25, 0.3) is 0 Å². The average Bonchev–Trinajstić information content (AvgIpc) is 2.58. The molecule has 0 aromatic rings. The summed E-state index contributed by atoms with van der Waals surface area (Å²) in [4.78, 5) is 16.8. The minimum atomic E-state index is 0.247. The van der Waals surface area contributed by atoms with Crippen LogP contribution in [-0.2, 0) is 4.79 Å². The molecule has 2 heterocycles. The Morgan fingerprint density at radius 2 is 1.94 bits per heavy atom. The maximum Gasteiger partial charge on any atom is 0.225 e. The number of likely N-dealkylation sites (tertiary alicyclic amines) is 1. The first-order valence-electron chi connectivity index (χ1n) is 7.49. The van der Waals surface area contributed by atoms with E-state index < -0.39 is 0 Å². The quantitative estimate of drug-likeness (QED) is 0.809. The maximum atomic E-state index is 12.2. The molecule has 0 aliphatic carbocycles. The van der Waals surface area contributed by atoms with E-state index in [0.29, 0.717) is 11.9 Å². The second-order valence-corrected chi connectivity index (χ2v) is 5.55. The van der Waals surface area contributed by atoms with Crippen molar-refractivity contribution in [3.8, 4) is 0 Å². The number of amides is 1. The van der Waals surface area contributed by atoms with E-state index in [1.54, 1.807) is 0 Å². The standard InChI is InChI=1S/C14H27N3O/c1-3-12(4-2)14(18)17-10-13(11-17)16-8-5-6-15-7-9-16/h12-13,15H,3-11H2,1-2H3. The van der Waals surface area contributed by atoms with Gasteiger partial charge in [0.1, 0.15) is 0 Å². The Balaban J connectivity index is 1.77. The lowest BCUT2D eigenvalue weighted by molar-refractivity contribution is -0.143. The zero-order valence-corrected chi connectivity index (χ0v) is 11.8. The zero-order chi connectivity index (χ0) is 13.0. The third-order valence-corrected chi connectivity index (χ3v) is 4.40. The Kier molecular flexibility index (Phi) is 5.01. The highest BCUT2D eigenvalue weighted by molar-refractivity contribution is 5.79. The summed E-state index contributed by atoms with van der Waals surface area (Å²) in [5.74, 6) is 0.626. The molecule has 2 aliphatic heterocycles. The highest BCUT2D eigenvalue weighted by Crippen LogP contribution is 2.21. The van der Waals surface area contributed by atoms with E-state index in [9.17, 15) is 4.79 Å². The van der Waals surface area contributed by atoms with Crippen molar-refractivity contribution in [1.82, 2.24) is 15.1 Å². The van der Waals surface area contributed by atoms with Gasteiger partial charge in [0.15, 0.2) is 0 Å². The SMILES string of the molecule is CCC(CC)C(=O)N1CC(N2CCCNCC2)C1. The molecule has 0 atom stereocenters. The molecule has 0 unspecified atom stereocenters. The molecule has 0 aromatic heterocycles. The highest BCUT2D eigenvalue weighted by atomic mass is 16.2. The van der Waals surface area contributed by atoms with Gasteiger partial charge in [-0.2, -0.15) is 0 Å². The summed E-state index contributed by atoms with van der Waals surface area (Å²) in [6, 6.07) is 0.614. The van der Waals surface area contributed by atoms with Crippen molar-refractivity contribution >= 4 is 5.91 Å². The van der Waals surface area contributed by atoms with Gasteiger partial charge >= 0.3 is 0 Å². The minimum Gasteiger partial charge on any atom is -0.339 e. The number of hydrogen-bond acceptors (Lipinski definition) is 3. The monoisotopic (exact) mass is 253 g/mol. The van der Waals surface area contributed by atoms with Gasteiger partial charge in [0.05, 0.1) is 0 Å². The molecule has 2 saturated heterocycles. The van der Waals surface area contributed by atoms with Crippen LogP contribution in [-0.4, -0.2) is 61.0 Å². The van der Waals surface area contributed by atoms with Crippen molar-refractivity contribution in [2.75, 3.05) is 39.3 Å². The normalized spacial score (nSPS) is 22.9. The van der Waals surface area contributed by atoms with Gasteiger partial charge < -0.3 is 10.2 Å². The Morgan fingerprint density at radius 3 is 2.61 bits per heavy atom. The number of rotatable bonds is 4. The van der Waals surface area contributed by atoms with Gasteiger partial charge in [-0.15, -0.1) is 0 Å². The fourth-order valence-electron chi connectivity index (χ4n) is 2.99. The molecular weight excluding hydrogens is 226 g/mol. The topological polar surface area (TPSA) is 35.6 Å². The molecule has 0 saturated carbocycles. The van der Waals surface area contributed by atoms with Gasteiger partial charge in [-0.1, -0.05) is 13.8 Å². The summed E-state index contributed by atoms with van der Waals surface area (Å²) in [6.45, 7) is 10.7. The molecule has 2 aliphatic rings. The molecule has 1 amide bonds. The van der Waals surface area contributed by atoms with Crippen LogP contribution in [0.5, 0.6) is 0 Å². The molecule has 0 aromatic carbocycles. The first-order chi connectivity index (χ1) is 8.76. The molecule has 4 heteroatoms. The van der Waals surface area contributed by atoms with Crippen molar-refractivity contribution < 1.29 is 4.79 Å². The Labute approximate surface area is 111 Å². The average molecular weight is 253 g/mol. The molecule has 2 rings (SSSR count). The van der Waals surface area contributed by atoms with E-state index in [2.05, 4.69) is 29.0 Å². The first kappa shape index (κ1) is 13.8. The summed E-state index contributed by atoms with van der Waals surface area (Å²) < 4.78 is 0. The van der Waals surface area contributed by atoms with Gasteiger partial charge in [-0.25, -0.2) is 0 Å². The Morgan fingerprint density at radius 1 is 1.22 bits per heavy atom. The molecule has 2 fully saturated rings. The highest BCUT2D eigenvalue weighted by Gasteiger charge is 2.36. The lowest BCUT2D eigenvalue weighted by Crippen LogP contribution is -2.62. The number of carbonyl (C=O) groups excluding carboxylic acids is 1. The summed E-state index contributed by atoms with van der Waals surface area (Å²) in [5.41, 5.74) is 0. The third kappa shape index (κ3) is 3.04. The van der Waals surface area contributed by atoms with Crippen molar-refractivity contribution in [1.29, 1.82) is 0 Å². The summed E-state index contributed by atoms with van der Waals surface area (Å²) in [6.07, 6.45) is 3.19. The van der Waals surface area contributed by atoms with Gasteiger partial charge in [-0.3, -0.25) is 9.69 Å². The number of carbonyl (C=O) groups is 1. The Bertz CT molecular complexity index is 264. The van der Waals surface area contributed by atoms with E-state index in [1.165, 1.54) is 13.0 Å². The van der Waals surface area contributed by atoms with Crippen LogP contribution in [0, 0.1) is 5.92 Å². The lowest BCUT2D eigenvalue weighted by Gasteiger charge is -2.46. The van der Waals surface area contributed by atoms with Crippen LogP contribution in [0.15, 0.2) is 0 Å². The molecule has 0 spiro atoms. The van der Waals surface area contributed by atoms with E-state index in [4.69, 9.17) is 0 Å². The van der Waals surface area contributed by atoms with Crippen molar-refractivity contribution in [3.63, 3.8) is 0 Å². The van der Waals surface area contributed by atoms with Gasteiger partial charge in [0.2, 0.25) is 5.91 Å². The van der Waals surface area contributed by atoms with E-state index >= 15 is 0 Å². The molecule has 1 N–H and O–H groups in total. The molecule has 4 nitrogen and oxygen atoms in total. The molecule has 0 bridgehead atoms. The van der Waals surface area contributed by atoms with Gasteiger partial charge in [-0.05, 0) is 32.4 Å².